The van der Waals surface area contributed by atoms with Gasteiger partial charge in [0.15, 0.2) is 11.6 Å². The van der Waals surface area contributed by atoms with E-state index in [0.29, 0.717) is 23.9 Å². The first-order valence-corrected chi connectivity index (χ1v) is 8.90. The summed E-state index contributed by atoms with van der Waals surface area (Å²) < 4.78 is 10.8. The second-order valence-electron chi connectivity index (χ2n) is 5.95. The summed E-state index contributed by atoms with van der Waals surface area (Å²) in [6.45, 7) is 7.82. The van der Waals surface area contributed by atoms with Crippen LogP contribution in [0.5, 0.6) is 5.75 Å². The molecule has 0 spiro atoms. The normalized spacial score (nSPS) is 14.8. The van der Waals surface area contributed by atoms with E-state index >= 15 is 0 Å². The van der Waals surface area contributed by atoms with Crippen molar-refractivity contribution < 1.29 is 9.47 Å². The quantitative estimate of drug-likeness (QED) is 0.659. The number of rotatable bonds is 8. The zero-order valence-electron chi connectivity index (χ0n) is 15.1. The van der Waals surface area contributed by atoms with Crippen LogP contribution in [0, 0.1) is 0 Å². The molecule has 2 heterocycles. The van der Waals surface area contributed by atoms with Gasteiger partial charge in [0.1, 0.15) is 17.8 Å². The van der Waals surface area contributed by atoms with E-state index in [-0.39, 0.29) is 0 Å². The Morgan fingerprint density at radius 1 is 1.15 bits per heavy atom. The van der Waals surface area contributed by atoms with Crippen LogP contribution in [0.15, 0.2) is 30.6 Å². The van der Waals surface area contributed by atoms with Crippen molar-refractivity contribution in [2.24, 2.45) is 0 Å². The number of morpholine rings is 1. The Morgan fingerprint density at radius 3 is 2.62 bits per heavy atom. The third kappa shape index (κ3) is 4.96. The molecule has 1 aliphatic rings. The highest BCUT2D eigenvalue weighted by Crippen LogP contribution is 2.26. The topological polar surface area (TPSA) is 97.6 Å². The standard InChI is InChI=1S/C18H26N6O2/c1-2-26-15-5-3-14(4-6-15)23-18-16(19)17(21-13-22-18)20-7-8-24-9-11-25-12-10-24/h3-6,13H,2,7-12,19H2,1H3,(H2,20,21,22,23). The van der Waals surface area contributed by atoms with E-state index in [1.807, 2.05) is 31.2 Å². The van der Waals surface area contributed by atoms with Crippen molar-refractivity contribution in [1.82, 2.24) is 14.9 Å². The van der Waals surface area contributed by atoms with E-state index in [0.717, 1.165) is 50.8 Å². The summed E-state index contributed by atoms with van der Waals surface area (Å²) in [4.78, 5) is 10.9. The predicted octanol–water partition coefficient (Wildman–Crippen LogP) is 1.95. The second-order valence-corrected chi connectivity index (χ2v) is 5.95. The minimum Gasteiger partial charge on any atom is -0.494 e. The Hall–Kier alpha value is -2.58. The van der Waals surface area contributed by atoms with Gasteiger partial charge in [-0.2, -0.15) is 0 Å². The molecule has 0 bridgehead atoms. The lowest BCUT2D eigenvalue weighted by atomic mass is 10.3. The van der Waals surface area contributed by atoms with Crippen LogP contribution in [-0.2, 0) is 4.74 Å². The third-order valence-corrected chi connectivity index (χ3v) is 4.14. The minimum absolute atomic E-state index is 0.503. The summed E-state index contributed by atoms with van der Waals surface area (Å²) in [5.74, 6) is 2.05. The smallest absolute Gasteiger partial charge is 0.159 e. The molecule has 0 radical (unpaired) electrons. The van der Waals surface area contributed by atoms with Crippen LogP contribution >= 0.6 is 0 Å². The van der Waals surface area contributed by atoms with Gasteiger partial charge in [-0.25, -0.2) is 9.97 Å². The molecule has 0 atom stereocenters. The molecule has 3 rings (SSSR count). The molecule has 1 aliphatic heterocycles. The molecule has 8 heteroatoms. The van der Waals surface area contributed by atoms with Gasteiger partial charge in [-0.15, -0.1) is 0 Å². The van der Waals surface area contributed by atoms with Crippen LogP contribution in [0.25, 0.3) is 0 Å². The number of benzene rings is 1. The van der Waals surface area contributed by atoms with E-state index in [1.54, 1.807) is 0 Å². The minimum atomic E-state index is 0.503. The Kier molecular flexibility index (Phi) is 6.45. The SMILES string of the molecule is CCOc1ccc(Nc2ncnc(NCCN3CCOCC3)c2N)cc1. The largest absolute Gasteiger partial charge is 0.494 e. The van der Waals surface area contributed by atoms with Gasteiger partial charge in [-0.05, 0) is 31.2 Å². The molecule has 1 aromatic heterocycles. The maximum absolute atomic E-state index is 6.22. The molecule has 1 aromatic carbocycles. The molecule has 0 amide bonds. The lowest BCUT2D eigenvalue weighted by Gasteiger charge is -2.26. The van der Waals surface area contributed by atoms with Gasteiger partial charge in [0.05, 0.1) is 19.8 Å². The number of hydrogen-bond donors (Lipinski definition) is 3. The molecule has 2 aromatic rings. The zero-order chi connectivity index (χ0) is 18.2. The van der Waals surface area contributed by atoms with Crippen LogP contribution in [0.3, 0.4) is 0 Å². The highest BCUT2D eigenvalue weighted by molar-refractivity contribution is 5.77. The van der Waals surface area contributed by atoms with E-state index in [9.17, 15) is 0 Å². The predicted molar refractivity (Wildman–Crippen MR) is 103 cm³/mol. The zero-order valence-corrected chi connectivity index (χ0v) is 15.1. The summed E-state index contributed by atoms with van der Waals surface area (Å²) in [5, 5.41) is 6.52. The van der Waals surface area contributed by atoms with Crippen LogP contribution in [0.2, 0.25) is 0 Å². The second kappa shape index (κ2) is 9.21. The van der Waals surface area contributed by atoms with Crippen LogP contribution in [-0.4, -0.2) is 60.9 Å². The monoisotopic (exact) mass is 358 g/mol. The number of nitrogens with one attached hydrogen (secondary N) is 2. The van der Waals surface area contributed by atoms with E-state index in [1.165, 1.54) is 6.33 Å². The summed E-state index contributed by atoms with van der Waals surface area (Å²) in [7, 11) is 0. The van der Waals surface area contributed by atoms with Gasteiger partial charge in [0.2, 0.25) is 0 Å². The van der Waals surface area contributed by atoms with Gasteiger partial charge in [0.25, 0.3) is 0 Å². The molecule has 0 saturated carbocycles. The number of anilines is 4. The molecule has 0 aliphatic carbocycles. The van der Waals surface area contributed by atoms with Gasteiger partial charge < -0.3 is 25.8 Å². The first-order valence-electron chi connectivity index (χ1n) is 8.90. The third-order valence-electron chi connectivity index (χ3n) is 4.14. The van der Waals surface area contributed by atoms with Crippen molar-refractivity contribution in [1.29, 1.82) is 0 Å². The highest BCUT2D eigenvalue weighted by atomic mass is 16.5. The van der Waals surface area contributed by atoms with Crippen LogP contribution < -0.4 is 21.1 Å². The van der Waals surface area contributed by atoms with Gasteiger partial charge in [-0.3, -0.25) is 4.90 Å². The molecule has 140 valence electrons. The number of ether oxygens (including phenoxy) is 2. The van der Waals surface area contributed by atoms with Crippen molar-refractivity contribution >= 4 is 23.0 Å². The van der Waals surface area contributed by atoms with Crippen LogP contribution in [0.4, 0.5) is 23.0 Å². The van der Waals surface area contributed by atoms with Crippen LogP contribution in [0.1, 0.15) is 6.92 Å². The lowest BCUT2D eigenvalue weighted by Crippen LogP contribution is -2.39. The van der Waals surface area contributed by atoms with Gasteiger partial charge in [0, 0.05) is 31.9 Å². The number of nitrogens with two attached hydrogens (primary N) is 1. The van der Waals surface area contributed by atoms with Crippen molar-refractivity contribution in [2.45, 2.75) is 6.92 Å². The summed E-state index contributed by atoms with van der Waals surface area (Å²) in [5.41, 5.74) is 7.61. The average molecular weight is 358 g/mol. The molecule has 1 fully saturated rings. The molecule has 4 N–H and O–H groups in total. The maximum Gasteiger partial charge on any atom is 0.159 e. The van der Waals surface area contributed by atoms with Crippen molar-refractivity contribution in [3.05, 3.63) is 30.6 Å². The number of hydrogen-bond acceptors (Lipinski definition) is 8. The molecule has 1 saturated heterocycles. The summed E-state index contributed by atoms with van der Waals surface area (Å²) in [6.07, 6.45) is 1.50. The average Bonchev–Trinajstić information content (AvgIpc) is 2.67. The molecule has 0 unspecified atom stereocenters. The number of nitrogen functional groups attached to an aromatic ring is 1. The fourth-order valence-corrected chi connectivity index (χ4v) is 2.73. The fourth-order valence-electron chi connectivity index (χ4n) is 2.73. The van der Waals surface area contributed by atoms with E-state index < -0.39 is 0 Å². The summed E-state index contributed by atoms with van der Waals surface area (Å²) >= 11 is 0. The molecular weight excluding hydrogens is 332 g/mol. The lowest BCUT2D eigenvalue weighted by molar-refractivity contribution is 0.0398. The Bertz CT molecular complexity index is 689. The van der Waals surface area contributed by atoms with E-state index in [4.69, 9.17) is 15.2 Å². The fraction of sp³-hybridized carbons (Fsp3) is 0.444. The highest BCUT2D eigenvalue weighted by Gasteiger charge is 2.11. The number of nitrogens with zero attached hydrogens (tertiary/aromatic N) is 3. The summed E-state index contributed by atoms with van der Waals surface area (Å²) in [6, 6.07) is 7.67. The molecular formula is C18H26N6O2. The van der Waals surface area contributed by atoms with Crippen molar-refractivity contribution in [3.63, 3.8) is 0 Å². The molecule has 26 heavy (non-hydrogen) atoms. The Labute approximate surface area is 153 Å². The first-order chi connectivity index (χ1) is 12.8. The van der Waals surface area contributed by atoms with Crippen molar-refractivity contribution in [3.8, 4) is 5.75 Å². The first kappa shape index (κ1) is 18.2. The van der Waals surface area contributed by atoms with E-state index in [2.05, 4.69) is 25.5 Å². The molecule has 8 nitrogen and oxygen atoms in total. The Morgan fingerprint density at radius 2 is 1.88 bits per heavy atom. The Balaban J connectivity index is 1.57. The van der Waals surface area contributed by atoms with Crippen molar-refractivity contribution in [2.75, 3.05) is 62.4 Å². The van der Waals surface area contributed by atoms with Gasteiger partial charge >= 0.3 is 0 Å². The maximum atomic E-state index is 6.22. The number of aromatic nitrogens is 2. The van der Waals surface area contributed by atoms with Gasteiger partial charge in [-0.1, -0.05) is 0 Å².